The first kappa shape index (κ1) is 20.2. The quantitative estimate of drug-likeness (QED) is 0.654. The van der Waals surface area contributed by atoms with Gasteiger partial charge in [-0.3, -0.25) is 14.4 Å². The normalized spacial score (nSPS) is 10.3. The number of aryl methyl sites for hydroxylation is 2. The van der Waals surface area contributed by atoms with Crippen molar-refractivity contribution < 1.29 is 23.6 Å². The topological polar surface area (TPSA) is 111 Å². The van der Waals surface area contributed by atoms with Crippen molar-refractivity contribution in [3.63, 3.8) is 0 Å². The number of para-hydroxylation sites is 1. The summed E-state index contributed by atoms with van der Waals surface area (Å²) in [5.74, 6) is -0.392. The number of aromatic nitrogens is 1. The fourth-order valence-electron chi connectivity index (χ4n) is 2.38. The molecule has 2 rings (SSSR count). The molecule has 8 nitrogen and oxygen atoms in total. The molecular formula is C19H23N3O5. The minimum absolute atomic E-state index is 0.0548. The first-order valence-electron chi connectivity index (χ1n) is 8.74. The lowest BCUT2D eigenvalue weighted by Crippen LogP contribution is -2.21. The van der Waals surface area contributed by atoms with Crippen LogP contribution in [0.2, 0.25) is 0 Å². The van der Waals surface area contributed by atoms with Crippen molar-refractivity contribution in [2.75, 3.05) is 17.2 Å². The number of anilines is 2. The molecule has 1 aromatic carbocycles. The first-order valence-corrected chi connectivity index (χ1v) is 8.74. The van der Waals surface area contributed by atoms with Crippen molar-refractivity contribution in [2.45, 2.75) is 39.5 Å². The molecule has 2 amide bonds. The molecule has 0 aliphatic heterocycles. The summed E-state index contributed by atoms with van der Waals surface area (Å²) in [5, 5.41) is 8.90. The van der Waals surface area contributed by atoms with Gasteiger partial charge < -0.3 is 19.9 Å². The Morgan fingerprint density at radius 3 is 2.59 bits per heavy atom. The molecule has 0 aliphatic rings. The van der Waals surface area contributed by atoms with Crippen LogP contribution in [-0.4, -0.2) is 29.5 Å². The molecule has 0 spiro atoms. The molecule has 0 bridgehead atoms. The Labute approximate surface area is 157 Å². The van der Waals surface area contributed by atoms with E-state index in [0.29, 0.717) is 12.2 Å². The van der Waals surface area contributed by atoms with Crippen LogP contribution in [-0.2, 0) is 25.5 Å². The Balaban J connectivity index is 1.63. The Morgan fingerprint density at radius 2 is 1.89 bits per heavy atom. The van der Waals surface area contributed by atoms with Crippen LogP contribution < -0.4 is 10.6 Å². The van der Waals surface area contributed by atoms with Gasteiger partial charge in [0.25, 0.3) is 5.91 Å². The number of carbonyl (C=O) groups excluding carboxylic acids is 3. The van der Waals surface area contributed by atoms with Gasteiger partial charge >= 0.3 is 5.97 Å². The number of carbonyl (C=O) groups is 3. The fraction of sp³-hybridized carbons (Fsp3) is 0.368. The van der Waals surface area contributed by atoms with E-state index in [1.807, 2.05) is 31.2 Å². The van der Waals surface area contributed by atoms with Gasteiger partial charge in [0.1, 0.15) is 5.76 Å². The summed E-state index contributed by atoms with van der Waals surface area (Å²) >= 11 is 0. The fourth-order valence-corrected chi connectivity index (χ4v) is 2.38. The molecule has 1 aromatic heterocycles. The van der Waals surface area contributed by atoms with Crippen LogP contribution >= 0.6 is 0 Å². The van der Waals surface area contributed by atoms with E-state index in [9.17, 15) is 14.4 Å². The van der Waals surface area contributed by atoms with Crippen LogP contribution in [0.25, 0.3) is 0 Å². The summed E-state index contributed by atoms with van der Waals surface area (Å²) in [7, 11) is 0. The maximum atomic E-state index is 12.0. The van der Waals surface area contributed by atoms with Gasteiger partial charge in [0.05, 0.1) is 0 Å². The Hall–Kier alpha value is -3.16. The zero-order valence-electron chi connectivity index (χ0n) is 15.4. The number of ether oxygens (including phenoxy) is 1. The number of nitrogens with one attached hydrogen (secondary N) is 2. The van der Waals surface area contributed by atoms with Gasteiger partial charge in [0.2, 0.25) is 5.91 Å². The maximum absolute atomic E-state index is 12.0. The molecular weight excluding hydrogens is 350 g/mol. The van der Waals surface area contributed by atoms with Crippen LogP contribution in [0.15, 0.2) is 34.9 Å². The minimum atomic E-state index is -0.539. The van der Waals surface area contributed by atoms with Crippen LogP contribution in [0.1, 0.15) is 37.5 Å². The summed E-state index contributed by atoms with van der Waals surface area (Å²) in [6.07, 6.45) is 1.40. The average molecular weight is 373 g/mol. The zero-order valence-corrected chi connectivity index (χ0v) is 15.4. The highest BCUT2D eigenvalue weighted by atomic mass is 16.5. The number of rotatable bonds is 9. The van der Waals surface area contributed by atoms with Gasteiger partial charge in [0.15, 0.2) is 12.4 Å². The second-order valence-electron chi connectivity index (χ2n) is 5.94. The highest BCUT2D eigenvalue weighted by molar-refractivity contribution is 5.92. The molecule has 27 heavy (non-hydrogen) atoms. The van der Waals surface area contributed by atoms with Gasteiger partial charge in [-0.1, -0.05) is 30.3 Å². The number of hydrogen-bond donors (Lipinski definition) is 2. The van der Waals surface area contributed by atoms with E-state index in [1.165, 1.54) is 0 Å². The van der Waals surface area contributed by atoms with E-state index in [0.717, 1.165) is 17.7 Å². The summed E-state index contributed by atoms with van der Waals surface area (Å²) in [5.41, 5.74) is 1.84. The highest BCUT2D eigenvalue weighted by Gasteiger charge is 2.11. The van der Waals surface area contributed by atoms with Crippen LogP contribution in [0.3, 0.4) is 0 Å². The monoisotopic (exact) mass is 373 g/mol. The van der Waals surface area contributed by atoms with Gasteiger partial charge in [-0.05, 0) is 31.4 Å². The Morgan fingerprint density at radius 1 is 1.11 bits per heavy atom. The molecule has 0 fully saturated rings. The van der Waals surface area contributed by atoms with E-state index in [1.54, 1.807) is 13.0 Å². The maximum Gasteiger partial charge on any atom is 0.306 e. The lowest BCUT2D eigenvalue weighted by atomic mass is 10.1. The van der Waals surface area contributed by atoms with Gasteiger partial charge in [-0.15, -0.1) is 0 Å². The van der Waals surface area contributed by atoms with E-state index in [-0.39, 0.29) is 24.6 Å². The van der Waals surface area contributed by atoms with Crippen molar-refractivity contribution >= 4 is 29.3 Å². The highest BCUT2D eigenvalue weighted by Crippen LogP contribution is 2.16. The third kappa shape index (κ3) is 6.93. The van der Waals surface area contributed by atoms with Crippen molar-refractivity contribution in [3.8, 4) is 0 Å². The van der Waals surface area contributed by atoms with E-state index in [2.05, 4.69) is 15.8 Å². The molecule has 2 N–H and O–H groups in total. The smallest absolute Gasteiger partial charge is 0.306 e. The van der Waals surface area contributed by atoms with Crippen molar-refractivity contribution in [3.05, 3.63) is 41.7 Å². The lowest BCUT2D eigenvalue weighted by molar-refractivity contribution is -0.147. The number of nitrogens with zero attached hydrogens (tertiary/aromatic N) is 1. The van der Waals surface area contributed by atoms with Crippen molar-refractivity contribution in [1.29, 1.82) is 0 Å². The lowest BCUT2D eigenvalue weighted by Gasteiger charge is -2.09. The Bertz CT molecular complexity index is 800. The minimum Gasteiger partial charge on any atom is -0.456 e. The molecule has 0 radical (unpaired) electrons. The third-order valence-corrected chi connectivity index (χ3v) is 3.72. The number of hydrogen-bond acceptors (Lipinski definition) is 6. The average Bonchev–Trinajstić information content (AvgIpc) is 3.05. The zero-order chi connectivity index (χ0) is 19.6. The molecule has 0 aliphatic carbocycles. The predicted octanol–water partition coefficient (Wildman–Crippen LogP) is 2.84. The van der Waals surface area contributed by atoms with Crippen molar-refractivity contribution in [1.82, 2.24) is 5.16 Å². The van der Waals surface area contributed by atoms with E-state index >= 15 is 0 Å². The summed E-state index contributed by atoms with van der Waals surface area (Å²) in [4.78, 5) is 35.3. The van der Waals surface area contributed by atoms with Crippen LogP contribution in [0, 0.1) is 6.92 Å². The predicted molar refractivity (Wildman–Crippen MR) is 99.1 cm³/mol. The molecule has 8 heteroatoms. The van der Waals surface area contributed by atoms with Crippen molar-refractivity contribution in [2.24, 2.45) is 0 Å². The summed E-state index contributed by atoms with van der Waals surface area (Å²) < 4.78 is 9.69. The van der Waals surface area contributed by atoms with Gasteiger partial charge in [0, 0.05) is 24.6 Å². The molecule has 0 saturated carbocycles. The second kappa shape index (κ2) is 10.1. The van der Waals surface area contributed by atoms with Gasteiger partial charge in [-0.2, -0.15) is 0 Å². The summed E-state index contributed by atoms with van der Waals surface area (Å²) in [6, 6.07) is 9.13. The van der Waals surface area contributed by atoms with E-state index in [4.69, 9.17) is 9.26 Å². The molecule has 1 heterocycles. The SMILES string of the molecule is CCc1ccccc1NC(=O)CCCC(=O)OCC(=O)Nc1cc(C)on1. The molecule has 0 atom stereocenters. The standard InChI is InChI=1S/C19H23N3O5/c1-3-14-7-4-5-8-15(14)20-17(23)9-6-10-19(25)26-12-18(24)21-16-11-13(2)27-22-16/h4-5,7-8,11H,3,6,9-10,12H2,1-2H3,(H,20,23)(H,21,22,24). The third-order valence-electron chi connectivity index (χ3n) is 3.72. The molecule has 144 valence electrons. The number of esters is 1. The summed E-state index contributed by atoms with van der Waals surface area (Å²) in [6.45, 7) is 3.29. The number of benzene rings is 1. The van der Waals surface area contributed by atoms with Crippen LogP contribution in [0.4, 0.5) is 11.5 Å². The first-order chi connectivity index (χ1) is 13.0. The Kier molecular flexibility index (Phi) is 7.54. The van der Waals surface area contributed by atoms with Gasteiger partial charge in [-0.25, -0.2) is 0 Å². The molecule has 0 unspecified atom stereocenters. The second-order valence-corrected chi connectivity index (χ2v) is 5.94. The van der Waals surface area contributed by atoms with Crippen LogP contribution in [0.5, 0.6) is 0 Å². The molecule has 0 saturated heterocycles. The van der Waals surface area contributed by atoms with E-state index < -0.39 is 18.5 Å². The molecule has 2 aromatic rings. The largest absolute Gasteiger partial charge is 0.456 e. The number of amides is 2.